The van der Waals surface area contributed by atoms with E-state index in [-0.39, 0.29) is 0 Å². The Kier molecular flexibility index (Phi) is 5.37. The van der Waals surface area contributed by atoms with Crippen LogP contribution in [-0.4, -0.2) is 22.6 Å². The summed E-state index contributed by atoms with van der Waals surface area (Å²) in [5.41, 5.74) is 0.977. The lowest BCUT2D eigenvalue weighted by Gasteiger charge is -2.18. The first-order valence-electron chi connectivity index (χ1n) is 7.87. The van der Waals surface area contributed by atoms with Gasteiger partial charge in [-0.3, -0.25) is 0 Å². The monoisotopic (exact) mass is 286 g/mol. The van der Waals surface area contributed by atoms with Crippen molar-refractivity contribution in [2.75, 3.05) is 17.2 Å². The molecule has 0 bridgehead atoms. The highest BCUT2D eigenvalue weighted by Gasteiger charge is 2.11. The Morgan fingerprint density at radius 1 is 1.10 bits per heavy atom. The molecule has 21 heavy (non-hydrogen) atoms. The molecule has 1 atom stereocenters. The molecule has 1 unspecified atom stereocenters. The van der Waals surface area contributed by atoms with E-state index in [0.29, 0.717) is 17.9 Å². The Morgan fingerprint density at radius 2 is 1.86 bits per heavy atom. The minimum absolute atomic E-state index is 0.391. The van der Waals surface area contributed by atoms with Crippen molar-refractivity contribution in [2.24, 2.45) is 5.92 Å². The molecule has 2 N–H and O–H groups in total. The summed E-state index contributed by atoms with van der Waals surface area (Å²) in [4.78, 5) is 9.23. The van der Waals surface area contributed by atoms with Crippen molar-refractivity contribution in [2.45, 2.75) is 46.6 Å². The summed E-state index contributed by atoms with van der Waals surface area (Å²) in [6.45, 7) is 9.71. The Hall–Kier alpha value is -1.84. The third-order valence-corrected chi connectivity index (χ3v) is 3.34. The summed E-state index contributed by atoms with van der Waals surface area (Å²) in [5.74, 6) is 2.29. The fourth-order valence-electron chi connectivity index (χ4n) is 2.50. The molecule has 0 amide bonds. The molecule has 2 aromatic rings. The van der Waals surface area contributed by atoms with Crippen molar-refractivity contribution in [1.29, 1.82) is 0 Å². The lowest BCUT2D eigenvalue weighted by molar-refractivity contribution is 0.539. The van der Waals surface area contributed by atoms with Crippen molar-refractivity contribution in [3.8, 4) is 0 Å². The fraction of sp³-hybridized carbons (Fsp3) is 0.529. The summed E-state index contributed by atoms with van der Waals surface area (Å²) in [7, 11) is 0. The number of rotatable bonds is 7. The van der Waals surface area contributed by atoms with Crippen LogP contribution in [-0.2, 0) is 0 Å². The highest BCUT2D eigenvalue weighted by molar-refractivity contribution is 5.90. The molecular formula is C17H26N4. The lowest BCUT2D eigenvalue weighted by Crippen LogP contribution is -2.19. The van der Waals surface area contributed by atoms with Gasteiger partial charge in [-0.15, -0.1) is 0 Å². The van der Waals surface area contributed by atoms with E-state index < -0.39 is 0 Å². The van der Waals surface area contributed by atoms with Crippen molar-refractivity contribution >= 4 is 22.7 Å². The molecule has 0 aliphatic rings. The molecule has 0 saturated carbocycles. The van der Waals surface area contributed by atoms with Gasteiger partial charge in [0.05, 0.1) is 5.52 Å². The van der Waals surface area contributed by atoms with Gasteiger partial charge in [-0.1, -0.05) is 32.9 Å². The van der Waals surface area contributed by atoms with Gasteiger partial charge in [-0.25, -0.2) is 4.98 Å². The molecule has 1 aromatic carbocycles. The van der Waals surface area contributed by atoms with Crippen LogP contribution in [0.1, 0.15) is 40.5 Å². The predicted molar refractivity (Wildman–Crippen MR) is 90.9 cm³/mol. The quantitative estimate of drug-likeness (QED) is 0.797. The minimum Gasteiger partial charge on any atom is -0.367 e. The van der Waals surface area contributed by atoms with Gasteiger partial charge in [0.25, 0.3) is 0 Å². The predicted octanol–water partition coefficient (Wildman–Crippen LogP) is 4.30. The standard InChI is InChI=1S/C17H26N4/c1-5-10-18-17-20-15-9-7-6-8-14(15)16(21-17)19-13(4)11-12(2)3/h6-9,12-13H,5,10-11H2,1-4H3,(H2,18,19,20,21). The normalized spacial score (nSPS) is 12.6. The molecule has 0 aliphatic heterocycles. The number of hydrogen-bond donors (Lipinski definition) is 2. The number of anilines is 2. The summed E-state index contributed by atoms with van der Waals surface area (Å²) >= 11 is 0. The molecular weight excluding hydrogens is 260 g/mol. The van der Waals surface area contributed by atoms with Gasteiger partial charge < -0.3 is 10.6 Å². The average molecular weight is 286 g/mol. The molecule has 0 aliphatic carbocycles. The Morgan fingerprint density at radius 3 is 2.57 bits per heavy atom. The van der Waals surface area contributed by atoms with Gasteiger partial charge in [-0.05, 0) is 37.8 Å². The van der Waals surface area contributed by atoms with E-state index in [4.69, 9.17) is 0 Å². The van der Waals surface area contributed by atoms with E-state index in [1.165, 1.54) is 0 Å². The van der Waals surface area contributed by atoms with Gasteiger partial charge >= 0.3 is 0 Å². The van der Waals surface area contributed by atoms with Crippen molar-refractivity contribution in [3.05, 3.63) is 24.3 Å². The molecule has 2 rings (SSSR count). The fourth-order valence-corrected chi connectivity index (χ4v) is 2.50. The SMILES string of the molecule is CCCNc1nc(NC(C)CC(C)C)c2ccccc2n1. The number of nitrogens with one attached hydrogen (secondary N) is 2. The lowest BCUT2D eigenvalue weighted by atomic mass is 10.1. The molecule has 1 heterocycles. The molecule has 0 fully saturated rings. The van der Waals surface area contributed by atoms with Crippen LogP contribution in [0.15, 0.2) is 24.3 Å². The van der Waals surface area contributed by atoms with E-state index in [9.17, 15) is 0 Å². The second-order valence-corrected chi connectivity index (χ2v) is 6.01. The largest absolute Gasteiger partial charge is 0.367 e. The second-order valence-electron chi connectivity index (χ2n) is 6.01. The third kappa shape index (κ3) is 4.31. The van der Waals surface area contributed by atoms with Crippen LogP contribution in [0.4, 0.5) is 11.8 Å². The third-order valence-electron chi connectivity index (χ3n) is 3.34. The molecule has 0 saturated heterocycles. The Balaban J connectivity index is 2.30. The van der Waals surface area contributed by atoms with E-state index in [0.717, 1.165) is 36.1 Å². The zero-order valence-corrected chi connectivity index (χ0v) is 13.5. The van der Waals surface area contributed by atoms with Crippen molar-refractivity contribution in [1.82, 2.24) is 9.97 Å². The minimum atomic E-state index is 0.391. The van der Waals surface area contributed by atoms with Crippen molar-refractivity contribution < 1.29 is 0 Å². The van der Waals surface area contributed by atoms with Gasteiger partial charge in [-0.2, -0.15) is 4.98 Å². The molecule has 0 radical (unpaired) electrons. The summed E-state index contributed by atoms with van der Waals surface area (Å²) in [5, 5.41) is 7.90. The van der Waals surface area contributed by atoms with Crippen LogP contribution >= 0.6 is 0 Å². The van der Waals surface area contributed by atoms with Crippen LogP contribution < -0.4 is 10.6 Å². The van der Waals surface area contributed by atoms with Crippen LogP contribution in [0.2, 0.25) is 0 Å². The maximum Gasteiger partial charge on any atom is 0.225 e. The molecule has 0 spiro atoms. The topological polar surface area (TPSA) is 49.8 Å². The van der Waals surface area contributed by atoms with Crippen LogP contribution in [0.3, 0.4) is 0 Å². The second kappa shape index (κ2) is 7.25. The summed E-state index contributed by atoms with van der Waals surface area (Å²) < 4.78 is 0. The summed E-state index contributed by atoms with van der Waals surface area (Å²) in [6, 6.07) is 8.54. The first-order chi connectivity index (χ1) is 10.1. The highest BCUT2D eigenvalue weighted by atomic mass is 15.1. The number of hydrogen-bond acceptors (Lipinski definition) is 4. The van der Waals surface area contributed by atoms with Crippen molar-refractivity contribution in [3.63, 3.8) is 0 Å². The maximum absolute atomic E-state index is 4.65. The number of aromatic nitrogens is 2. The van der Waals surface area contributed by atoms with E-state index in [2.05, 4.69) is 54.4 Å². The maximum atomic E-state index is 4.65. The number of fused-ring (bicyclic) bond motifs is 1. The van der Waals surface area contributed by atoms with Crippen LogP contribution in [0.5, 0.6) is 0 Å². The smallest absolute Gasteiger partial charge is 0.225 e. The van der Waals surface area contributed by atoms with E-state index >= 15 is 0 Å². The molecule has 4 heteroatoms. The highest BCUT2D eigenvalue weighted by Crippen LogP contribution is 2.23. The first-order valence-corrected chi connectivity index (χ1v) is 7.87. The Bertz CT molecular complexity index is 580. The Labute approximate surface area is 127 Å². The summed E-state index contributed by atoms with van der Waals surface area (Å²) in [6.07, 6.45) is 2.18. The van der Waals surface area contributed by atoms with Gasteiger partial charge in [0, 0.05) is 18.0 Å². The van der Waals surface area contributed by atoms with Gasteiger partial charge in [0.2, 0.25) is 5.95 Å². The van der Waals surface area contributed by atoms with Gasteiger partial charge in [0.1, 0.15) is 5.82 Å². The average Bonchev–Trinajstić information content (AvgIpc) is 2.44. The number of nitrogens with zero attached hydrogens (tertiary/aromatic N) is 2. The van der Waals surface area contributed by atoms with Crippen LogP contribution in [0.25, 0.3) is 10.9 Å². The van der Waals surface area contributed by atoms with Crippen LogP contribution in [0, 0.1) is 5.92 Å². The molecule has 114 valence electrons. The number of para-hydroxylation sites is 1. The zero-order chi connectivity index (χ0) is 15.2. The van der Waals surface area contributed by atoms with E-state index in [1.54, 1.807) is 0 Å². The first kappa shape index (κ1) is 15.5. The molecule has 4 nitrogen and oxygen atoms in total. The zero-order valence-electron chi connectivity index (χ0n) is 13.5. The number of benzene rings is 1. The van der Waals surface area contributed by atoms with Gasteiger partial charge in [0.15, 0.2) is 0 Å². The molecule has 1 aromatic heterocycles. The van der Waals surface area contributed by atoms with E-state index in [1.807, 2.05) is 18.2 Å².